The van der Waals surface area contributed by atoms with Crippen molar-refractivity contribution in [2.75, 3.05) is 13.7 Å². The first-order valence-electron chi connectivity index (χ1n) is 9.97. The van der Waals surface area contributed by atoms with E-state index in [1.165, 1.54) is 19.2 Å². The predicted octanol–water partition coefficient (Wildman–Crippen LogP) is 5.92. The van der Waals surface area contributed by atoms with Gasteiger partial charge in [0.25, 0.3) is 0 Å². The lowest BCUT2D eigenvalue weighted by Crippen LogP contribution is -2.16. The minimum Gasteiger partial charge on any atom is -0.465 e. The van der Waals surface area contributed by atoms with Crippen molar-refractivity contribution in [1.29, 1.82) is 0 Å². The molecule has 0 heterocycles. The number of halogens is 3. The molecule has 0 aliphatic carbocycles. The SMILES string of the molecule is COC(=O)c1ccc(C(C)C(CO)c2cccc(-c3ccc(OC(F)(F)F)cc3)c2)cc1. The molecule has 3 aromatic rings. The highest BCUT2D eigenvalue weighted by molar-refractivity contribution is 5.89. The molecule has 0 saturated carbocycles. The molecule has 0 bridgehead atoms. The molecule has 32 heavy (non-hydrogen) atoms. The molecular weight excluding hydrogens is 421 g/mol. The van der Waals surface area contributed by atoms with Gasteiger partial charge in [-0.2, -0.15) is 0 Å². The van der Waals surface area contributed by atoms with Gasteiger partial charge in [-0.1, -0.05) is 55.5 Å². The molecule has 0 aliphatic heterocycles. The Hall–Kier alpha value is -3.32. The Kier molecular flexibility index (Phi) is 7.20. The van der Waals surface area contributed by atoms with Crippen LogP contribution >= 0.6 is 0 Å². The number of esters is 1. The van der Waals surface area contributed by atoms with Crippen molar-refractivity contribution in [3.63, 3.8) is 0 Å². The van der Waals surface area contributed by atoms with E-state index in [4.69, 9.17) is 4.74 Å². The Labute approximate surface area is 184 Å². The number of aliphatic hydroxyl groups is 1. The Bertz CT molecular complexity index is 1040. The topological polar surface area (TPSA) is 55.8 Å². The number of aliphatic hydroxyl groups excluding tert-OH is 1. The smallest absolute Gasteiger partial charge is 0.465 e. The van der Waals surface area contributed by atoms with Crippen molar-refractivity contribution in [2.24, 2.45) is 0 Å². The fourth-order valence-electron chi connectivity index (χ4n) is 3.62. The Balaban J connectivity index is 1.82. The summed E-state index contributed by atoms with van der Waals surface area (Å²) in [6.07, 6.45) is -4.74. The predicted molar refractivity (Wildman–Crippen MR) is 115 cm³/mol. The standard InChI is InChI=1S/C25H23F3O4/c1-16(17-6-8-19(9-7-17)24(30)31-2)23(15-29)21-5-3-4-20(14-21)18-10-12-22(13-11-18)32-25(26,27)28/h3-14,16,23,29H,15H2,1-2H3. The number of rotatable bonds is 7. The first kappa shape index (κ1) is 23.3. The molecule has 0 radical (unpaired) electrons. The molecule has 2 atom stereocenters. The lowest BCUT2D eigenvalue weighted by Gasteiger charge is -2.24. The summed E-state index contributed by atoms with van der Waals surface area (Å²) in [5, 5.41) is 10.1. The van der Waals surface area contributed by atoms with E-state index in [1.54, 1.807) is 24.3 Å². The Morgan fingerprint density at radius 2 is 1.59 bits per heavy atom. The zero-order chi connectivity index (χ0) is 23.3. The molecule has 0 fully saturated rings. The summed E-state index contributed by atoms with van der Waals surface area (Å²) in [6, 6.07) is 20.2. The second-order valence-corrected chi connectivity index (χ2v) is 7.39. The summed E-state index contributed by atoms with van der Waals surface area (Å²) in [5.74, 6) is -0.965. The average Bonchev–Trinajstić information content (AvgIpc) is 2.79. The van der Waals surface area contributed by atoms with Gasteiger partial charge in [0.1, 0.15) is 5.75 Å². The molecule has 0 saturated heterocycles. The number of benzene rings is 3. The number of carbonyl (C=O) groups is 1. The van der Waals surface area contributed by atoms with E-state index in [2.05, 4.69) is 4.74 Å². The van der Waals surface area contributed by atoms with Crippen LogP contribution in [0.1, 0.15) is 40.2 Å². The van der Waals surface area contributed by atoms with Gasteiger partial charge < -0.3 is 14.6 Å². The summed E-state index contributed by atoms with van der Waals surface area (Å²) in [5.41, 5.74) is 3.84. The Morgan fingerprint density at radius 3 is 2.16 bits per heavy atom. The van der Waals surface area contributed by atoms with E-state index < -0.39 is 12.3 Å². The van der Waals surface area contributed by atoms with Crippen LogP contribution in [0, 0.1) is 0 Å². The summed E-state index contributed by atoms with van der Waals surface area (Å²) in [7, 11) is 1.32. The van der Waals surface area contributed by atoms with E-state index >= 15 is 0 Å². The van der Waals surface area contributed by atoms with Crippen LogP contribution in [0.4, 0.5) is 13.2 Å². The first-order chi connectivity index (χ1) is 15.2. The van der Waals surface area contributed by atoms with Crippen LogP contribution in [0.25, 0.3) is 11.1 Å². The number of ether oxygens (including phenoxy) is 2. The second-order valence-electron chi connectivity index (χ2n) is 7.39. The summed E-state index contributed by atoms with van der Waals surface area (Å²) >= 11 is 0. The zero-order valence-electron chi connectivity index (χ0n) is 17.6. The number of hydrogen-bond acceptors (Lipinski definition) is 4. The summed E-state index contributed by atoms with van der Waals surface area (Å²) in [6.45, 7) is 1.89. The highest BCUT2D eigenvalue weighted by Gasteiger charge is 2.31. The lowest BCUT2D eigenvalue weighted by molar-refractivity contribution is -0.274. The number of carbonyl (C=O) groups excluding carboxylic acids is 1. The number of alkyl halides is 3. The minimum atomic E-state index is -4.74. The van der Waals surface area contributed by atoms with Crippen molar-refractivity contribution < 1.29 is 32.5 Å². The molecule has 3 rings (SSSR count). The van der Waals surface area contributed by atoms with Gasteiger partial charge in [0.15, 0.2) is 0 Å². The first-order valence-corrected chi connectivity index (χ1v) is 9.97. The van der Waals surface area contributed by atoms with Crippen LogP contribution < -0.4 is 4.74 Å². The van der Waals surface area contributed by atoms with Gasteiger partial charge >= 0.3 is 12.3 Å². The van der Waals surface area contributed by atoms with Crippen molar-refractivity contribution in [1.82, 2.24) is 0 Å². The normalized spacial score (nSPS) is 13.3. The third-order valence-corrected chi connectivity index (χ3v) is 5.39. The van der Waals surface area contributed by atoms with Gasteiger partial charge in [0, 0.05) is 5.92 Å². The molecule has 0 amide bonds. The maximum atomic E-state index is 12.4. The van der Waals surface area contributed by atoms with E-state index in [1.807, 2.05) is 43.3 Å². The van der Waals surface area contributed by atoms with E-state index in [0.29, 0.717) is 5.56 Å². The molecular formula is C25H23F3O4. The van der Waals surface area contributed by atoms with Gasteiger partial charge in [-0.05, 0) is 52.4 Å². The molecule has 0 aromatic heterocycles. The molecule has 4 nitrogen and oxygen atoms in total. The molecule has 2 unspecified atom stereocenters. The maximum Gasteiger partial charge on any atom is 0.573 e. The van der Waals surface area contributed by atoms with Crippen molar-refractivity contribution >= 4 is 5.97 Å². The monoisotopic (exact) mass is 444 g/mol. The van der Waals surface area contributed by atoms with Crippen LogP contribution in [0.5, 0.6) is 5.75 Å². The maximum absolute atomic E-state index is 12.4. The van der Waals surface area contributed by atoms with Gasteiger partial charge in [0.2, 0.25) is 0 Å². The van der Waals surface area contributed by atoms with Gasteiger partial charge in [0.05, 0.1) is 19.3 Å². The lowest BCUT2D eigenvalue weighted by atomic mass is 9.82. The molecule has 7 heteroatoms. The fourth-order valence-corrected chi connectivity index (χ4v) is 3.62. The number of hydrogen-bond donors (Lipinski definition) is 1. The quantitative estimate of drug-likeness (QED) is 0.460. The van der Waals surface area contributed by atoms with Crippen LogP contribution in [0.2, 0.25) is 0 Å². The molecule has 168 valence electrons. The highest BCUT2D eigenvalue weighted by atomic mass is 19.4. The van der Waals surface area contributed by atoms with Crippen LogP contribution in [0.3, 0.4) is 0 Å². The van der Waals surface area contributed by atoms with E-state index in [9.17, 15) is 23.1 Å². The third-order valence-electron chi connectivity index (χ3n) is 5.39. The molecule has 1 N–H and O–H groups in total. The summed E-state index contributed by atoms with van der Waals surface area (Å²) in [4.78, 5) is 11.6. The van der Waals surface area contributed by atoms with Crippen molar-refractivity contribution in [3.8, 4) is 16.9 Å². The minimum absolute atomic E-state index is 0.0514. The zero-order valence-corrected chi connectivity index (χ0v) is 17.6. The third kappa shape index (κ3) is 5.68. The molecule has 3 aromatic carbocycles. The Morgan fingerprint density at radius 1 is 0.938 bits per heavy atom. The van der Waals surface area contributed by atoms with Gasteiger partial charge in [-0.25, -0.2) is 4.79 Å². The van der Waals surface area contributed by atoms with E-state index in [-0.39, 0.29) is 24.2 Å². The second kappa shape index (κ2) is 9.87. The molecule has 0 spiro atoms. The van der Waals surface area contributed by atoms with Crippen LogP contribution in [-0.2, 0) is 4.74 Å². The fraction of sp³-hybridized carbons (Fsp3) is 0.240. The van der Waals surface area contributed by atoms with E-state index in [0.717, 1.165) is 22.3 Å². The van der Waals surface area contributed by atoms with Crippen molar-refractivity contribution in [3.05, 3.63) is 89.5 Å². The van der Waals surface area contributed by atoms with Crippen LogP contribution in [0.15, 0.2) is 72.8 Å². The average molecular weight is 444 g/mol. The van der Waals surface area contributed by atoms with Crippen molar-refractivity contribution in [2.45, 2.75) is 25.1 Å². The van der Waals surface area contributed by atoms with Crippen LogP contribution in [-0.4, -0.2) is 31.2 Å². The number of methoxy groups -OCH3 is 1. The highest BCUT2D eigenvalue weighted by Crippen LogP contribution is 2.35. The largest absolute Gasteiger partial charge is 0.573 e. The summed E-state index contributed by atoms with van der Waals surface area (Å²) < 4.78 is 45.8. The van der Waals surface area contributed by atoms with Gasteiger partial charge in [-0.3, -0.25) is 0 Å². The van der Waals surface area contributed by atoms with Gasteiger partial charge in [-0.15, -0.1) is 13.2 Å². The molecule has 0 aliphatic rings.